The molecule has 3 aliphatic rings. The molecule has 5 heteroatoms. The van der Waals surface area contributed by atoms with Gasteiger partial charge in [0.1, 0.15) is 0 Å². The van der Waals surface area contributed by atoms with Gasteiger partial charge in [0.25, 0.3) is 0 Å². The topological polar surface area (TPSA) is 45.7 Å². The second kappa shape index (κ2) is 7.42. The van der Waals surface area contributed by atoms with Crippen molar-refractivity contribution >= 4 is 5.91 Å². The van der Waals surface area contributed by atoms with Crippen LogP contribution < -0.4 is 0 Å². The molecule has 5 nitrogen and oxygen atoms in total. The van der Waals surface area contributed by atoms with Crippen LogP contribution in [0.15, 0.2) is 24.5 Å². The van der Waals surface area contributed by atoms with Crippen LogP contribution in [0.3, 0.4) is 0 Å². The average molecular weight is 343 g/mol. The van der Waals surface area contributed by atoms with E-state index >= 15 is 0 Å². The van der Waals surface area contributed by atoms with Crippen LogP contribution in [-0.2, 0) is 16.0 Å². The van der Waals surface area contributed by atoms with Crippen molar-refractivity contribution in [2.24, 2.45) is 11.3 Å². The van der Waals surface area contributed by atoms with Crippen molar-refractivity contribution in [1.29, 1.82) is 0 Å². The Balaban J connectivity index is 1.33. The van der Waals surface area contributed by atoms with Gasteiger partial charge in [-0.1, -0.05) is 6.07 Å². The molecule has 0 unspecified atom stereocenters. The largest absolute Gasteiger partial charge is 0.381 e. The highest BCUT2D eigenvalue weighted by Crippen LogP contribution is 2.39. The van der Waals surface area contributed by atoms with E-state index in [1.165, 1.54) is 32.4 Å². The molecule has 136 valence electrons. The van der Waals surface area contributed by atoms with Crippen molar-refractivity contribution < 1.29 is 9.53 Å². The molecule has 3 saturated heterocycles. The molecule has 2 atom stereocenters. The van der Waals surface area contributed by atoms with Gasteiger partial charge in [0, 0.05) is 50.6 Å². The van der Waals surface area contributed by atoms with Crippen LogP contribution in [0, 0.1) is 11.3 Å². The van der Waals surface area contributed by atoms with Crippen LogP contribution in [0.25, 0.3) is 0 Å². The summed E-state index contributed by atoms with van der Waals surface area (Å²) < 4.78 is 5.52. The molecule has 0 radical (unpaired) electrons. The number of hydrogen-bond donors (Lipinski definition) is 0. The van der Waals surface area contributed by atoms with E-state index in [-0.39, 0.29) is 5.91 Å². The molecule has 0 saturated carbocycles. The third-order valence-electron chi connectivity index (χ3n) is 6.15. The summed E-state index contributed by atoms with van der Waals surface area (Å²) in [5, 5.41) is 0. The summed E-state index contributed by atoms with van der Waals surface area (Å²) in [5.41, 5.74) is 1.34. The van der Waals surface area contributed by atoms with E-state index < -0.39 is 0 Å². The number of piperidine rings is 1. The molecule has 25 heavy (non-hydrogen) atoms. The maximum absolute atomic E-state index is 12.7. The normalized spacial score (nSPS) is 30.2. The van der Waals surface area contributed by atoms with Gasteiger partial charge in [-0.05, 0) is 49.8 Å². The lowest BCUT2D eigenvalue weighted by molar-refractivity contribution is -0.133. The highest BCUT2D eigenvalue weighted by Gasteiger charge is 2.42. The monoisotopic (exact) mass is 343 g/mol. The molecule has 3 aliphatic heterocycles. The number of carbonyl (C=O) groups excluding carboxylic acids is 1. The van der Waals surface area contributed by atoms with Crippen molar-refractivity contribution in [2.75, 3.05) is 45.9 Å². The van der Waals surface area contributed by atoms with Crippen LogP contribution in [0.5, 0.6) is 0 Å². The molecule has 1 amide bonds. The molecule has 1 aromatic rings. The molecule has 4 rings (SSSR count). The Bertz CT molecular complexity index is 588. The SMILES string of the molecule is O=C(Cc1cccnc1)N1CCC[C@]2(CCN(C[C@H]3CCOC3)C2)C1. The molecule has 3 fully saturated rings. The lowest BCUT2D eigenvalue weighted by Gasteiger charge is -2.40. The first-order valence-electron chi connectivity index (χ1n) is 9.69. The summed E-state index contributed by atoms with van der Waals surface area (Å²) in [6, 6.07) is 3.90. The van der Waals surface area contributed by atoms with Crippen molar-refractivity contribution in [1.82, 2.24) is 14.8 Å². The van der Waals surface area contributed by atoms with Gasteiger partial charge in [0.2, 0.25) is 5.91 Å². The van der Waals surface area contributed by atoms with Gasteiger partial charge in [-0.2, -0.15) is 0 Å². The van der Waals surface area contributed by atoms with Crippen LogP contribution in [-0.4, -0.2) is 66.6 Å². The molecule has 0 bridgehead atoms. The smallest absolute Gasteiger partial charge is 0.227 e. The van der Waals surface area contributed by atoms with Gasteiger partial charge in [-0.3, -0.25) is 9.78 Å². The van der Waals surface area contributed by atoms with Gasteiger partial charge in [-0.25, -0.2) is 0 Å². The van der Waals surface area contributed by atoms with Crippen LogP contribution in [0.1, 0.15) is 31.2 Å². The molecule has 4 heterocycles. The minimum atomic E-state index is 0.259. The molecule has 0 aliphatic carbocycles. The molecular formula is C20H29N3O2. The fraction of sp³-hybridized carbons (Fsp3) is 0.700. The second-order valence-electron chi connectivity index (χ2n) is 8.17. The second-order valence-corrected chi connectivity index (χ2v) is 8.17. The number of carbonyl (C=O) groups is 1. The van der Waals surface area contributed by atoms with Crippen molar-refractivity contribution in [2.45, 2.75) is 32.1 Å². The van der Waals surface area contributed by atoms with Crippen molar-refractivity contribution in [3.63, 3.8) is 0 Å². The van der Waals surface area contributed by atoms with Gasteiger partial charge in [-0.15, -0.1) is 0 Å². The molecular weight excluding hydrogens is 314 g/mol. The number of ether oxygens (including phenoxy) is 1. The van der Waals surface area contributed by atoms with E-state index in [2.05, 4.69) is 14.8 Å². The number of rotatable bonds is 4. The number of amides is 1. The minimum Gasteiger partial charge on any atom is -0.381 e. The Labute approximate surface area is 150 Å². The molecule has 1 spiro atoms. The first kappa shape index (κ1) is 17.0. The Hall–Kier alpha value is -1.46. The zero-order valence-corrected chi connectivity index (χ0v) is 15.0. The van der Waals surface area contributed by atoms with E-state index in [0.29, 0.717) is 17.8 Å². The summed E-state index contributed by atoms with van der Waals surface area (Å²) in [7, 11) is 0. The maximum Gasteiger partial charge on any atom is 0.227 e. The van der Waals surface area contributed by atoms with Crippen LogP contribution in [0.2, 0.25) is 0 Å². The number of pyridine rings is 1. The zero-order valence-electron chi connectivity index (χ0n) is 15.0. The minimum absolute atomic E-state index is 0.259. The van der Waals surface area contributed by atoms with E-state index in [9.17, 15) is 4.79 Å². The van der Waals surface area contributed by atoms with Gasteiger partial charge < -0.3 is 14.5 Å². The predicted molar refractivity (Wildman–Crippen MR) is 96.2 cm³/mol. The van der Waals surface area contributed by atoms with E-state index in [1.54, 1.807) is 12.4 Å². The molecule has 0 N–H and O–H groups in total. The summed E-state index contributed by atoms with van der Waals surface area (Å²) >= 11 is 0. The predicted octanol–water partition coefficient (Wildman–Crippen LogP) is 1.98. The highest BCUT2D eigenvalue weighted by molar-refractivity contribution is 5.78. The first-order chi connectivity index (χ1) is 12.2. The van der Waals surface area contributed by atoms with Crippen molar-refractivity contribution in [3.05, 3.63) is 30.1 Å². The van der Waals surface area contributed by atoms with Crippen molar-refractivity contribution in [3.8, 4) is 0 Å². The highest BCUT2D eigenvalue weighted by atomic mass is 16.5. The number of likely N-dealkylation sites (tertiary alicyclic amines) is 2. The zero-order chi connectivity index (χ0) is 17.1. The number of nitrogens with zero attached hydrogens (tertiary/aromatic N) is 3. The summed E-state index contributed by atoms with van der Waals surface area (Å²) in [5.74, 6) is 0.969. The van der Waals surface area contributed by atoms with E-state index in [1.807, 2.05) is 12.1 Å². The quantitative estimate of drug-likeness (QED) is 0.839. The lowest BCUT2D eigenvalue weighted by atomic mass is 9.79. The van der Waals surface area contributed by atoms with Gasteiger partial charge in [0.05, 0.1) is 13.0 Å². The molecule has 1 aromatic heterocycles. The third kappa shape index (κ3) is 4.04. The standard InChI is InChI=1S/C20H29N3O2/c24-19(11-17-3-1-7-21-12-17)23-8-2-5-20(16-23)6-9-22(15-20)13-18-4-10-25-14-18/h1,3,7,12,18H,2,4-6,8-11,13-16H2/t18-,20-/m1/s1. The average Bonchev–Trinajstić information content (AvgIpc) is 3.27. The van der Waals surface area contributed by atoms with Crippen LogP contribution in [0.4, 0.5) is 0 Å². The first-order valence-corrected chi connectivity index (χ1v) is 9.69. The number of hydrogen-bond acceptors (Lipinski definition) is 4. The van der Waals surface area contributed by atoms with Gasteiger partial charge >= 0.3 is 0 Å². The summed E-state index contributed by atoms with van der Waals surface area (Å²) in [6.07, 6.45) is 8.88. The fourth-order valence-corrected chi connectivity index (χ4v) is 4.82. The van der Waals surface area contributed by atoms with E-state index in [0.717, 1.165) is 44.8 Å². The Morgan fingerprint density at radius 2 is 2.28 bits per heavy atom. The Morgan fingerprint density at radius 3 is 3.08 bits per heavy atom. The third-order valence-corrected chi connectivity index (χ3v) is 6.15. The number of aromatic nitrogens is 1. The van der Waals surface area contributed by atoms with Crippen LogP contribution >= 0.6 is 0 Å². The summed E-state index contributed by atoms with van der Waals surface area (Å²) in [4.78, 5) is 21.6. The molecule has 0 aromatic carbocycles. The Morgan fingerprint density at radius 1 is 1.32 bits per heavy atom. The lowest BCUT2D eigenvalue weighted by Crippen LogP contribution is -2.48. The van der Waals surface area contributed by atoms with Gasteiger partial charge in [0.15, 0.2) is 0 Å². The Kier molecular flexibility index (Phi) is 5.04. The fourth-order valence-electron chi connectivity index (χ4n) is 4.82. The van der Waals surface area contributed by atoms with E-state index in [4.69, 9.17) is 4.74 Å². The maximum atomic E-state index is 12.7. The summed E-state index contributed by atoms with van der Waals surface area (Å²) in [6.45, 7) is 7.22.